The zero-order valence-electron chi connectivity index (χ0n) is 11.6. The number of aliphatic hydroxyl groups is 1. The third-order valence-electron chi connectivity index (χ3n) is 2.54. The van der Waals surface area contributed by atoms with Crippen LogP contribution in [0.4, 0.5) is 4.79 Å². The van der Waals surface area contributed by atoms with Crippen LogP contribution in [0.2, 0.25) is 0 Å². The summed E-state index contributed by atoms with van der Waals surface area (Å²) in [5.74, 6) is -0.952. The van der Waals surface area contributed by atoms with Crippen LogP contribution in [0, 0.1) is 5.41 Å². The molecule has 0 aromatic heterocycles. The highest BCUT2D eigenvalue weighted by Gasteiger charge is 2.24. The minimum atomic E-state index is -0.952. The van der Waals surface area contributed by atoms with Crippen LogP contribution in [0.15, 0.2) is 0 Å². The third-order valence-corrected chi connectivity index (χ3v) is 2.54. The standard InChI is InChI=1S/C12H24N2O4/c1-12(2,3)7-9(8-15)14(4)11(18)13-6-5-10(16)17/h9,15H,5-8H2,1-4H3,(H,13,18)(H,16,17). The van der Waals surface area contributed by atoms with Gasteiger partial charge in [0.1, 0.15) is 0 Å². The lowest BCUT2D eigenvalue weighted by Gasteiger charge is -2.32. The summed E-state index contributed by atoms with van der Waals surface area (Å²) >= 11 is 0. The van der Waals surface area contributed by atoms with Crippen LogP contribution in [0.5, 0.6) is 0 Å². The zero-order chi connectivity index (χ0) is 14.3. The Kier molecular flexibility index (Phi) is 6.68. The van der Waals surface area contributed by atoms with Crippen molar-refractivity contribution in [2.24, 2.45) is 5.41 Å². The molecular weight excluding hydrogens is 236 g/mol. The summed E-state index contributed by atoms with van der Waals surface area (Å²) in [5, 5.41) is 20.3. The van der Waals surface area contributed by atoms with Gasteiger partial charge < -0.3 is 20.4 Å². The van der Waals surface area contributed by atoms with Crippen LogP contribution >= 0.6 is 0 Å². The molecule has 0 aliphatic heterocycles. The highest BCUT2D eigenvalue weighted by Crippen LogP contribution is 2.22. The highest BCUT2D eigenvalue weighted by molar-refractivity contribution is 5.75. The van der Waals surface area contributed by atoms with Crippen molar-refractivity contribution in [1.82, 2.24) is 10.2 Å². The molecule has 0 saturated carbocycles. The number of carbonyl (C=O) groups is 2. The highest BCUT2D eigenvalue weighted by atomic mass is 16.4. The monoisotopic (exact) mass is 260 g/mol. The van der Waals surface area contributed by atoms with E-state index in [0.717, 1.165) is 0 Å². The minimum Gasteiger partial charge on any atom is -0.481 e. The van der Waals surface area contributed by atoms with Crippen LogP contribution < -0.4 is 5.32 Å². The number of likely N-dealkylation sites (N-methyl/N-ethyl adjacent to an activating group) is 1. The molecule has 0 aromatic rings. The first kappa shape index (κ1) is 16.7. The van der Waals surface area contributed by atoms with Gasteiger partial charge in [-0.1, -0.05) is 20.8 Å². The molecule has 2 amide bonds. The van der Waals surface area contributed by atoms with E-state index < -0.39 is 5.97 Å². The summed E-state index contributed by atoms with van der Waals surface area (Å²) in [6, 6.07) is -0.630. The second-order valence-electron chi connectivity index (χ2n) is 5.59. The van der Waals surface area contributed by atoms with Gasteiger partial charge in [0.25, 0.3) is 0 Å². The predicted molar refractivity (Wildman–Crippen MR) is 68.4 cm³/mol. The molecule has 0 radical (unpaired) electrons. The maximum atomic E-state index is 11.7. The van der Waals surface area contributed by atoms with Crippen molar-refractivity contribution < 1.29 is 19.8 Å². The summed E-state index contributed by atoms with van der Waals surface area (Å²) in [4.78, 5) is 23.5. The molecule has 0 heterocycles. The summed E-state index contributed by atoms with van der Waals surface area (Å²) in [5.41, 5.74) is 0.00298. The van der Waals surface area contributed by atoms with E-state index in [-0.39, 0.29) is 37.1 Å². The lowest BCUT2D eigenvalue weighted by molar-refractivity contribution is -0.136. The Morgan fingerprint density at radius 2 is 1.89 bits per heavy atom. The van der Waals surface area contributed by atoms with Crippen molar-refractivity contribution in [1.29, 1.82) is 0 Å². The fourth-order valence-corrected chi connectivity index (χ4v) is 1.60. The molecule has 0 aliphatic carbocycles. The fourth-order valence-electron chi connectivity index (χ4n) is 1.60. The van der Waals surface area contributed by atoms with E-state index in [0.29, 0.717) is 6.42 Å². The number of carbonyl (C=O) groups excluding carboxylic acids is 1. The Balaban J connectivity index is 4.27. The van der Waals surface area contributed by atoms with Gasteiger partial charge in [0.2, 0.25) is 0 Å². The average molecular weight is 260 g/mol. The first-order chi connectivity index (χ1) is 8.17. The number of rotatable bonds is 6. The average Bonchev–Trinajstić information content (AvgIpc) is 2.23. The molecule has 0 bridgehead atoms. The van der Waals surface area contributed by atoms with Gasteiger partial charge in [-0.15, -0.1) is 0 Å². The molecule has 0 aromatic carbocycles. The smallest absolute Gasteiger partial charge is 0.317 e. The van der Waals surface area contributed by atoms with Gasteiger partial charge in [0, 0.05) is 13.6 Å². The van der Waals surface area contributed by atoms with Crippen molar-refractivity contribution in [2.75, 3.05) is 20.2 Å². The van der Waals surface area contributed by atoms with Crippen molar-refractivity contribution in [3.8, 4) is 0 Å². The molecule has 6 heteroatoms. The van der Waals surface area contributed by atoms with E-state index in [4.69, 9.17) is 5.11 Å². The second kappa shape index (κ2) is 7.20. The van der Waals surface area contributed by atoms with E-state index in [1.807, 2.05) is 20.8 Å². The van der Waals surface area contributed by atoms with Crippen LogP contribution in [0.25, 0.3) is 0 Å². The largest absolute Gasteiger partial charge is 0.481 e. The van der Waals surface area contributed by atoms with E-state index in [1.165, 1.54) is 4.90 Å². The number of hydrogen-bond donors (Lipinski definition) is 3. The maximum absolute atomic E-state index is 11.7. The Bertz CT molecular complexity index is 286. The SMILES string of the molecule is CN(C(=O)NCCC(=O)O)C(CO)CC(C)(C)C. The molecule has 0 aliphatic rings. The summed E-state index contributed by atoms with van der Waals surface area (Å²) < 4.78 is 0. The van der Waals surface area contributed by atoms with Gasteiger partial charge in [-0.2, -0.15) is 0 Å². The number of aliphatic carboxylic acids is 1. The molecule has 0 fully saturated rings. The number of carboxylic acids is 1. The van der Waals surface area contributed by atoms with Gasteiger partial charge >= 0.3 is 12.0 Å². The lowest BCUT2D eigenvalue weighted by Crippen LogP contribution is -2.47. The normalized spacial score (nSPS) is 12.9. The van der Waals surface area contributed by atoms with E-state index in [1.54, 1.807) is 7.05 Å². The van der Waals surface area contributed by atoms with Gasteiger partial charge in [0.15, 0.2) is 0 Å². The molecule has 106 valence electrons. The van der Waals surface area contributed by atoms with E-state index in [9.17, 15) is 14.7 Å². The van der Waals surface area contributed by atoms with E-state index in [2.05, 4.69) is 5.32 Å². The maximum Gasteiger partial charge on any atom is 0.317 e. The van der Waals surface area contributed by atoms with E-state index >= 15 is 0 Å². The molecule has 3 N–H and O–H groups in total. The first-order valence-corrected chi connectivity index (χ1v) is 6.00. The molecule has 1 atom stereocenters. The number of hydrogen-bond acceptors (Lipinski definition) is 3. The Morgan fingerprint density at radius 1 is 1.33 bits per heavy atom. The van der Waals surface area contributed by atoms with Gasteiger partial charge in [-0.3, -0.25) is 4.79 Å². The van der Waals surface area contributed by atoms with Crippen molar-refractivity contribution >= 4 is 12.0 Å². The Hall–Kier alpha value is -1.30. The molecule has 6 nitrogen and oxygen atoms in total. The molecule has 0 spiro atoms. The topological polar surface area (TPSA) is 89.9 Å². The van der Waals surface area contributed by atoms with Gasteiger partial charge in [0.05, 0.1) is 19.1 Å². The minimum absolute atomic E-state index is 0.00298. The van der Waals surface area contributed by atoms with Crippen LogP contribution in [-0.2, 0) is 4.79 Å². The summed E-state index contributed by atoms with van der Waals surface area (Å²) in [7, 11) is 1.60. The molecule has 1 unspecified atom stereocenters. The van der Waals surface area contributed by atoms with Crippen LogP contribution in [0.3, 0.4) is 0 Å². The molecule has 0 rings (SSSR count). The molecular formula is C12H24N2O4. The molecule has 0 saturated heterocycles. The Morgan fingerprint density at radius 3 is 2.28 bits per heavy atom. The number of nitrogens with zero attached hydrogens (tertiary/aromatic N) is 1. The van der Waals surface area contributed by atoms with Gasteiger partial charge in [-0.25, -0.2) is 4.79 Å². The van der Waals surface area contributed by atoms with Crippen LogP contribution in [0.1, 0.15) is 33.6 Å². The molecule has 18 heavy (non-hydrogen) atoms. The van der Waals surface area contributed by atoms with Crippen molar-refractivity contribution in [2.45, 2.75) is 39.7 Å². The first-order valence-electron chi connectivity index (χ1n) is 6.00. The quantitative estimate of drug-likeness (QED) is 0.662. The summed E-state index contributed by atoms with van der Waals surface area (Å²) in [6.07, 6.45) is 0.564. The number of carboxylic acid groups (broad SMARTS) is 1. The van der Waals surface area contributed by atoms with Gasteiger partial charge in [-0.05, 0) is 11.8 Å². The number of amides is 2. The lowest BCUT2D eigenvalue weighted by atomic mass is 9.88. The Labute approximate surface area is 108 Å². The predicted octanol–water partition coefficient (Wildman–Crippen LogP) is 0.900. The fraction of sp³-hybridized carbons (Fsp3) is 0.833. The zero-order valence-corrected chi connectivity index (χ0v) is 11.6. The number of aliphatic hydroxyl groups excluding tert-OH is 1. The van der Waals surface area contributed by atoms with Crippen LogP contribution in [-0.4, -0.2) is 53.4 Å². The van der Waals surface area contributed by atoms with Crippen molar-refractivity contribution in [3.05, 3.63) is 0 Å². The summed E-state index contributed by atoms with van der Waals surface area (Å²) in [6.45, 7) is 6.08. The number of urea groups is 1. The third kappa shape index (κ3) is 7.11. The number of nitrogens with one attached hydrogen (secondary N) is 1. The van der Waals surface area contributed by atoms with Crippen molar-refractivity contribution in [3.63, 3.8) is 0 Å². The second-order valence-corrected chi connectivity index (χ2v) is 5.59.